The fraction of sp³-hybridized carbons (Fsp3) is 0.222. The second-order valence-corrected chi connectivity index (χ2v) is 11.8. The van der Waals surface area contributed by atoms with E-state index in [-0.39, 0.29) is 35.6 Å². The monoisotopic (exact) mass is 570 g/mol. The Bertz CT molecular complexity index is 1820. The highest BCUT2D eigenvalue weighted by Crippen LogP contribution is 2.56. The van der Waals surface area contributed by atoms with Gasteiger partial charge in [-0.1, -0.05) is 48.0 Å². The van der Waals surface area contributed by atoms with Gasteiger partial charge >= 0.3 is 0 Å². The molecule has 7 heteroatoms. The third-order valence-corrected chi connectivity index (χ3v) is 9.33. The molecule has 0 bridgehead atoms. The third-order valence-electron chi connectivity index (χ3n) is 9.33. The minimum absolute atomic E-state index is 0.0641. The molecule has 1 saturated heterocycles. The quantitative estimate of drug-likeness (QED) is 0.224. The lowest BCUT2D eigenvalue weighted by Gasteiger charge is -2.42. The molecule has 43 heavy (non-hydrogen) atoms. The van der Waals surface area contributed by atoms with Gasteiger partial charge in [-0.15, -0.1) is 0 Å². The molecule has 4 aliphatic rings. The van der Waals surface area contributed by atoms with E-state index in [0.717, 1.165) is 16.9 Å². The van der Waals surface area contributed by atoms with Gasteiger partial charge in [-0.2, -0.15) is 0 Å². The Morgan fingerprint density at radius 2 is 1.53 bits per heavy atom. The van der Waals surface area contributed by atoms with Crippen LogP contribution in [-0.4, -0.2) is 28.5 Å². The number of rotatable bonds is 4. The minimum atomic E-state index is -0.674. The van der Waals surface area contributed by atoms with Gasteiger partial charge in [0.1, 0.15) is 5.75 Å². The summed E-state index contributed by atoms with van der Waals surface area (Å²) in [5.41, 5.74) is 5.36. The van der Waals surface area contributed by atoms with Crippen LogP contribution in [0.4, 0.5) is 17.1 Å². The molecule has 0 spiro atoms. The SMILES string of the molecule is CC1=CC(=O)C2=C(CC3C(=CCC4C(=O)N(c5ccc(Nc6ccccc6)cc5)C(=O)C43)C2c2cccc(C)c2O)C1=O. The molecule has 214 valence electrons. The van der Waals surface area contributed by atoms with E-state index in [2.05, 4.69) is 5.32 Å². The number of phenols is 1. The Hall–Kier alpha value is -5.04. The number of hydrogen-bond acceptors (Lipinski definition) is 6. The zero-order chi connectivity index (χ0) is 30.0. The molecular formula is C36H30N2O5. The number of Topliss-reactive ketones (excluding diaryl/α,β-unsaturated/α-hetero) is 1. The fourth-order valence-corrected chi connectivity index (χ4v) is 7.29. The van der Waals surface area contributed by atoms with Crippen LogP contribution in [0.15, 0.2) is 107 Å². The van der Waals surface area contributed by atoms with Gasteiger partial charge in [-0.3, -0.25) is 24.1 Å². The first-order valence-electron chi connectivity index (χ1n) is 14.5. The van der Waals surface area contributed by atoms with Crippen molar-refractivity contribution in [3.8, 4) is 5.75 Å². The van der Waals surface area contributed by atoms with Crippen molar-refractivity contribution in [2.45, 2.75) is 32.6 Å². The highest BCUT2D eigenvalue weighted by atomic mass is 16.3. The number of imide groups is 1. The largest absolute Gasteiger partial charge is 0.507 e. The smallest absolute Gasteiger partial charge is 0.238 e. The number of para-hydroxylation sites is 2. The maximum atomic E-state index is 14.1. The van der Waals surface area contributed by atoms with Crippen LogP contribution >= 0.6 is 0 Å². The van der Waals surface area contributed by atoms with Crippen LogP contribution in [0.1, 0.15) is 36.8 Å². The Morgan fingerprint density at radius 3 is 2.28 bits per heavy atom. The van der Waals surface area contributed by atoms with Gasteiger partial charge < -0.3 is 10.4 Å². The molecule has 3 aromatic carbocycles. The molecule has 4 unspecified atom stereocenters. The van der Waals surface area contributed by atoms with Gasteiger partial charge in [0.2, 0.25) is 11.8 Å². The van der Waals surface area contributed by atoms with Crippen molar-refractivity contribution in [3.05, 3.63) is 118 Å². The summed E-state index contributed by atoms with van der Waals surface area (Å²) in [6.07, 6.45) is 3.88. The van der Waals surface area contributed by atoms with E-state index in [1.165, 1.54) is 11.0 Å². The number of benzene rings is 3. The summed E-state index contributed by atoms with van der Waals surface area (Å²) in [6.45, 7) is 3.41. The summed E-state index contributed by atoms with van der Waals surface area (Å²) in [5, 5.41) is 14.4. The summed E-state index contributed by atoms with van der Waals surface area (Å²) >= 11 is 0. The van der Waals surface area contributed by atoms with E-state index >= 15 is 0 Å². The molecule has 7 rings (SSSR count). The molecular weight excluding hydrogens is 540 g/mol. The number of nitrogens with zero attached hydrogens (tertiary/aromatic N) is 1. The Morgan fingerprint density at radius 1 is 0.814 bits per heavy atom. The van der Waals surface area contributed by atoms with Crippen LogP contribution < -0.4 is 10.2 Å². The first-order valence-corrected chi connectivity index (χ1v) is 14.5. The fourth-order valence-electron chi connectivity index (χ4n) is 7.29. The van der Waals surface area contributed by atoms with Crippen LogP contribution in [0.3, 0.4) is 0 Å². The van der Waals surface area contributed by atoms with Gasteiger partial charge in [0.15, 0.2) is 11.6 Å². The highest BCUT2D eigenvalue weighted by molar-refractivity contribution is 6.25. The van der Waals surface area contributed by atoms with Crippen LogP contribution in [0.5, 0.6) is 5.75 Å². The number of aryl methyl sites for hydroxylation is 1. The second-order valence-electron chi connectivity index (χ2n) is 11.8. The van der Waals surface area contributed by atoms with Crippen molar-refractivity contribution in [1.82, 2.24) is 0 Å². The van der Waals surface area contributed by atoms with Crippen LogP contribution in [0.25, 0.3) is 0 Å². The lowest BCUT2D eigenvalue weighted by molar-refractivity contribution is -0.123. The zero-order valence-electron chi connectivity index (χ0n) is 23.8. The predicted molar refractivity (Wildman–Crippen MR) is 163 cm³/mol. The molecule has 3 aliphatic carbocycles. The molecule has 0 aromatic heterocycles. The number of amides is 2. The van der Waals surface area contributed by atoms with Crippen molar-refractivity contribution in [2.24, 2.45) is 17.8 Å². The number of anilines is 3. The first-order chi connectivity index (χ1) is 20.7. The molecule has 0 radical (unpaired) electrons. The Kier molecular flexibility index (Phi) is 6.27. The Balaban J connectivity index is 1.26. The molecule has 1 aliphatic heterocycles. The van der Waals surface area contributed by atoms with Crippen LogP contribution in [0.2, 0.25) is 0 Å². The number of phenolic OH excluding ortho intramolecular Hbond substituents is 1. The van der Waals surface area contributed by atoms with E-state index in [4.69, 9.17) is 0 Å². The molecule has 4 atom stereocenters. The normalized spacial score (nSPS) is 24.7. The van der Waals surface area contributed by atoms with Gasteiger partial charge in [0.05, 0.1) is 17.5 Å². The maximum Gasteiger partial charge on any atom is 0.238 e. The molecule has 0 saturated carbocycles. The molecule has 3 aromatic rings. The Labute approximate surface area is 249 Å². The summed E-state index contributed by atoms with van der Waals surface area (Å²) in [5.74, 6) is -3.33. The lowest BCUT2D eigenvalue weighted by Crippen LogP contribution is -2.39. The van der Waals surface area contributed by atoms with E-state index in [1.807, 2.05) is 54.6 Å². The van der Waals surface area contributed by atoms with Crippen molar-refractivity contribution in [3.63, 3.8) is 0 Å². The third kappa shape index (κ3) is 4.18. The average Bonchev–Trinajstić information content (AvgIpc) is 3.27. The van der Waals surface area contributed by atoms with E-state index < -0.39 is 23.7 Å². The number of nitrogens with one attached hydrogen (secondary N) is 1. The van der Waals surface area contributed by atoms with Gasteiger partial charge in [0.25, 0.3) is 0 Å². The summed E-state index contributed by atoms with van der Waals surface area (Å²) in [6, 6.07) is 22.3. The first kappa shape index (κ1) is 26.8. The molecule has 2 N–H and O–H groups in total. The van der Waals surface area contributed by atoms with Gasteiger partial charge in [-0.25, -0.2) is 0 Å². The number of ketones is 2. The lowest BCUT2D eigenvalue weighted by atomic mass is 9.59. The summed E-state index contributed by atoms with van der Waals surface area (Å²) in [4.78, 5) is 56.1. The van der Waals surface area contributed by atoms with Crippen molar-refractivity contribution >= 4 is 40.4 Å². The van der Waals surface area contributed by atoms with Crippen LogP contribution in [-0.2, 0) is 19.2 Å². The molecule has 7 nitrogen and oxygen atoms in total. The van der Waals surface area contributed by atoms with Crippen molar-refractivity contribution < 1.29 is 24.3 Å². The zero-order valence-corrected chi connectivity index (χ0v) is 23.8. The van der Waals surface area contributed by atoms with Crippen molar-refractivity contribution in [1.29, 1.82) is 0 Å². The molecule has 2 amide bonds. The number of carbonyl (C=O) groups is 4. The van der Waals surface area contributed by atoms with Gasteiger partial charge in [-0.05, 0) is 80.6 Å². The topological polar surface area (TPSA) is 104 Å². The second kappa shape index (κ2) is 10.1. The van der Waals surface area contributed by atoms with Crippen LogP contribution in [0, 0.1) is 24.7 Å². The summed E-state index contributed by atoms with van der Waals surface area (Å²) in [7, 11) is 0. The van der Waals surface area contributed by atoms with Crippen molar-refractivity contribution in [2.75, 3.05) is 10.2 Å². The van der Waals surface area contributed by atoms with E-state index in [1.54, 1.807) is 38.1 Å². The maximum absolute atomic E-state index is 14.1. The number of carbonyl (C=O) groups excluding carboxylic acids is 4. The number of fused-ring (bicyclic) bond motifs is 3. The van der Waals surface area contributed by atoms with E-state index in [9.17, 15) is 24.3 Å². The standard InChI is InChI=1S/C36H30N2O5/c1-19-7-6-10-25(33(19)40)30-24-15-16-26-31(27(24)18-28-32(30)29(39)17-20(2)34(28)41)36(43)38(35(26)42)23-13-11-22(12-14-23)37-21-8-4-3-5-9-21/h3-15,17,26-27,30-31,37,40H,16,18H2,1-2H3. The molecule has 1 heterocycles. The summed E-state index contributed by atoms with van der Waals surface area (Å²) < 4.78 is 0. The average molecular weight is 571 g/mol. The number of allylic oxidation sites excluding steroid dienone is 6. The number of hydrogen-bond donors (Lipinski definition) is 2. The molecule has 1 fully saturated rings. The van der Waals surface area contributed by atoms with Gasteiger partial charge in [0, 0.05) is 39.6 Å². The van der Waals surface area contributed by atoms with E-state index in [0.29, 0.717) is 40.0 Å². The highest BCUT2D eigenvalue weighted by Gasteiger charge is 2.56. The number of aromatic hydroxyl groups is 1. The predicted octanol–water partition coefficient (Wildman–Crippen LogP) is 6.08. The minimum Gasteiger partial charge on any atom is -0.507 e.